The van der Waals surface area contributed by atoms with E-state index in [0.717, 1.165) is 24.8 Å². The number of carbonyl (C=O) groups is 1. The number of esters is 1. The average molecular weight is 336 g/mol. The second kappa shape index (κ2) is 11.4. The molecule has 0 aromatic heterocycles. The van der Waals surface area contributed by atoms with E-state index < -0.39 is 5.97 Å². The number of carbonyl (C=O) groups excluding carboxylic acids is 1. The van der Waals surface area contributed by atoms with E-state index in [1.165, 1.54) is 13.2 Å². The summed E-state index contributed by atoms with van der Waals surface area (Å²) >= 11 is 0. The fraction of sp³-hybridized carbons (Fsp3) is 0.526. The minimum absolute atomic E-state index is 0.409. The molecule has 0 fully saturated rings. The predicted molar refractivity (Wildman–Crippen MR) is 94.9 cm³/mol. The van der Waals surface area contributed by atoms with Gasteiger partial charge in [0.15, 0.2) is 11.5 Å². The molecule has 134 valence electrons. The molecule has 0 radical (unpaired) electrons. The van der Waals surface area contributed by atoms with Gasteiger partial charge in [-0.2, -0.15) is 0 Å². The third-order valence-electron chi connectivity index (χ3n) is 3.03. The molecule has 24 heavy (non-hydrogen) atoms. The molecule has 0 bridgehead atoms. The highest BCUT2D eigenvalue weighted by Crippen LogP contribution is 2.39. The SMILES string of the molecule is CCCOc1cc(C=CC(=O)OC)cc(OCCC)c1OCCC. The van der Waals surface area contributed by atoms with E-state index in [9.17, 15) is 4.79 Å². The summed E-state index contributed by atoms with van der Waals surface area (Å²) in [7, 11) is 1.35. The molecule has 0 saturated carbocycles. The lowest BCUT2D eigenvalue weighted by Gasteiger charge is -2.17. The summed E-state index contributed by atoms with van der Waals surface area (Å²) in [5.74, 6) is 1.47. The van der Waals surface area contributed by atoms with E-state index in [1.54, 1.807) is 6.08 Å². The van der Waals surface area contributed by atoms with Crippen molar-refractivity contribution in [1.29, 1.82) is 0 Å². The Hall–Kier alpha value is -2.17. The van der Waals surface area contributed by atoms with Crippen molar-refractivity contribution in [1.82, 2.24) is 0 Å². The van der Waals surface area contributed by atoms with Gasteiger partial charge in [-0.25, -0.2) is 4.79 Å². The quantitative estimate of drug-likeness (QED) is 0.447. The lowest BCUT2D eigenvalue weighted by molar-refractivity contribution is -0.134. The van der Waals surface area contributed by atoms with E-state index in [-0.39, 0.29) is 0 Å². The summed E-state index contributed by atoms with van der Waals surface area (Å²) < 4.78 is 22.1. The highest BCUT2D eigenvalue weighted by Gasteiger charge is 2.15. The molecule has 0 atom stereocenters. The second-order valence-electron chi connectivity index (χ2n) is 5.25. The highest BCUT2D eigenvalue weighted by atomic mass is 16.5. The van der Waals surface area contributed by atoms with Crippen LogP contribution in [-0.2, 0) is 9.53 Å². The smallest absolute Gasteiger partial charge is 0.330 e. The Morgan fingerprint density at radius 3 is 1.88 bits per heavy atom. The van der Waals surface area contributed by atoms with Crippen molar-refractivity contribution < 1.29 is 23.7 Å². The lowest BCUT2D eigenvalue weighted by atomic mass is 10.1. The second-order valence-corrected chi connectivity index (χ2v) is 5.25. The standard InChI is InChI=1S/C19H28O5/c1-5-10-22-16-13-15(8-9-18(20)21-4)14-17(23-11-6-2)19(16)24-12-7-3/h8-9,13-14H,5-7,10-12H2,1-4H3. The number of methoxy groups -OCH3 is 1. The number of ether oxygens (including phenoxy) is 4. The summed E-state index contributed by atoms with van der Waals surface area (Å²) in [6, 6.07) is 3.69. The first-order chi connectivity index (χ1) is 11.7. The van der Waals surface area contributed by atoms with Crippen molar-refractivity contribution in [2.45, 2.75) is 40.0 Å². The van der Waals surface area contributed by atoms with Gasteiger partial charge >= 0.3 is 5.97 Å². The summed E-state index contributed by atoms with van der Waals surface area (Å²) in [5, 5.41) is 0. The molecule has 0 unspecified atom stereocenters. The Balaban J connectivity index is 3.20. The molecule has 0 aliphatic rings. The molecule has 0 aliphatic carbocycles. The largest absolute Gasteiger partial charge is 0.490 e. The van der Waals surface area contributed by atoms with Crippen LogP contribution in [0.5, 0.6) is 17.2 Å². The number of rotatable bonds is 11. The molecule has 0 aliphatic heterocycles. The highest BCUT2D eigenvalue weighted by molar-refractivity contribution is 5.87. The molecule has 5 nitrogen and oxygen atoms in total. The van der Waals surface area contributed by atoms with Crippen molar-refractivity contribution >= 4 is 12.0 Å². The zero-order chi connectivity index (χ0) is 17.8. The molecule has 0 saturated heterocycles. The van der Waals surface area contributed by atoms with Crippen LogP contribution in [0.3, 0.4) is 0 Å². The first kappa shape index (κ1) is 19.9. The van der Waals surface area contributed by atoms with Gasteiger partial charge in [0.05, 0.1) is 26.9 Å². The van der Waals surface area contributed by atoms with Crippen LogP contribution in [-0.4, -0.2) is 32.9 Å². The molecule has 0 N–H and O–H groups in total. The number of hydrogen-bond donors (Lipinski definition) is 0. The van der Waals surface area contributed by atoms with Crippen LogP contribution in [0, 0.1) is 0 Å². The molecule has 5 heteroatoms. The van der Waals surface area contributed by atoms with Crippen molar-refractivity contribution in [2.24, 2.45) is 0 Å². The number of hydrogen-bond acceptors (Lipinski definition) is 5. The Morgan fingerprint density at radius 1 is 0.917 bits per heavy atom. The minimum Gasteiger partial charge on any atom is -0.490 e. The van der Waals surface area contributed by atoms with Gasteiger partial charge in [-0.3, -0.25) is 0 Å². The van der Waals surface area contributed by atoms with Crippen molar-refractivity contribution in [3.8, 4) is 17.2 Å². The van der Waals surface area contributed by atoms with Gasteiger partial charge in [0, 0.05) is 6.08 Å². The molecular formula is C19H28O5. The van der Waals surface area contributed by atoms with Gasteiger partial charge in [0.2, 0.25) is 5.75 Å². The Bertz CT molecular complexity index is 508. The van der Waals surface area contributed by atoms with Gasteiger partial charge in [-0.1, -0.05) is 20.8 Å². The summed E-state index contributed by atoms with van der Waals surface area (Å²) in [5.41, 5.74) is 0.793. The lowest BCUT2D eigenvalue weighted by Crippen LogP contribution is -2.05. The van der Waals surface area contributed by atoms with Crippen molar-refractivity contribution in [3.05, 3.63) is 23.8 Å². The van der Waals surface area contributed by atoms with Crippen LogP contribution in [0.25, 0.3) is 6.08 Å². The normalized spacial score (nSPS) is 10.7. The van der Waals surface area contributed by atoms with Crippen LogP contribution in [0.4, 0.5) is 0 Å². The zero-order valence-electron chi connectivity index (χ0n) is 15.1. The maximum absolute atomic E-state index is 11.3. The predicted octanol–water partition coefficient (Wildman–Crippen LogP) is 4.24. The molecule has 0 heterocycles. The fourth-order valence-electron chi connectivity index (χ4n) is 1.91. The van der Waals surface area contributed by atoms with Gasteiger partial charge in [-0.15, -0.1) is 0 Å². The molecule has 0 spiro atoms. The van der Waals surface area contributed by atoms with E-state index in [0.29, 0.717) is 37.1 Å². The van der Waals surface area contributed by atoms with Crippen LogP contribution < -0.4 is 14.2 Å². The Labute approximate surface area is 144 Å². The van der Waals surface area contributed by atoms with Crippen molar-refractivity contribution in [2.75, 3.05) is 26.9 Å². The fourth-order valence-corrected chi connectivity index (χ4v) is 1.91. The van der Waals surface area contributed by atoms with Crippen LogP contribution in [0.15, 0.2) is 18.2 Å². The average Bonchev–Trinajstić information content (AvgIpc) is 2.61. The van der Waals surface area contributed by atoms with Gasteiger partial charge in [-0.05, 0) is 43.0 Å². The van der Waals surface area contributed by atoms with E-state index >= 15 is 0 Å². The van der Waals surface area contributed by atoms with Gasteiger partial charge in [0.25, 0.3) is 0 Å². The maximum Gasteiger partial charge on any atom is 0.330 e. The van der Waals surface area contributed by atoms with Crippen LogP contribution >= 0.6 is 0 Å². The van der Waals surface area contributed by atoms with Crippen LogP contribution in [0.2, 0.25) is 0 Å². The first-order valence-corrected chi connectivity index (χ1v) is 8.48. The van der Waals surface area contributed by atoms with Crippen molar-refractivity contribution in [3.63, 3.8) is 0 Å². The summed E-state index contributed by atoms with van der Waals surface area (Å²) in [6.07, 6.45) is 5.72. The Kier molecular flexibility index (Phi) is 9.42. The van der Waals surface area contributed by atoms with E-state index in [1.807, 2.05) is 32.9 Å². The van der Waals surface area contributed by atoms with Crippen LogP contribution in [0.1, 0.15) is 45.6 Å². The topological polar surface area (TPSA) is 54.0 Å². The third kappa shape index (κ3) is 6.52. The minimum atomic E-state index is -0.409. The summed E-state index contributed by atoms with van der Waals surface area (Å²) in [6.45, 7) is 7.89. The zero-order valence-corrected chi connectivity index (χ0v) is 15.1. The molecule has 1 aromatic rings. The van der Waals surface area contributed by atoms with Gasteiger partial charge in [0.1, 0.15) is 0 Å². The Morgan fingerprint density at radius 2 is 1.42 bits per heavy atom. The number of benzene rings is 1. The van der Waals surface area contributed by atoms with Gasteiger partial charge < -0.3 is 18.9 Å². The molecular weight excluding hydrogens is 308 g/mol. The molecule has 1 rings (SSSR count). The van der Waals surface area contributed by atoms with E-state index in [2.05, 4.69) is 4.74 Å². The monoisotopic (exact) mass is 336 g/mol. The maximum atomic E-state index is 11.3. The van der Waals surface area contributed by atoms with E-state index in [4.69, 9.17) is 14.2 Å². The molecule has 1 aromatic carbocycles. The molecule has 0 amide bonds. The summed E-state index contributed by atoms with van der Waals surface area (Å²) in [4.78, 5) is 11.3. The third-order valence-corrected chi connectivity index (χ3v) is 3.03. The first-order valence-electron chi connectivity index (χ1n) is 8.48.